The van der Waals surface area contributed by atoms with Crippen LogP contribution in [0.15, 0.2) is 42.5 Å². The number of hydrogen-bond acceptors (Lipinski definition) is 4. The first-order valence-corrected chi connectivity index (χ1v) is 8.93. The molecule has 1 heterocycles. The Labute approximate surface area is 157 Å². The summed E-state index contributed by atoms with van der Waals surface area (Å²) in [5.41, 5.74) is 7.15. The minimum Gasteiger partial charge on any atom is -0.493 e. The van der Waals surface area contributed by atoms with Crippen molar-refractivity contribution >= 4 is 17.7 Å². The average Bonchev–Trinajstić information content (AvgIpc) is 2.91. The summed E-state index contributed by atoms with van der Waals surface area (Å²) < 4.78 is 5.84. The molecule has 6 heteroatoms. The molecule has 2 N–H and O–H groups in total. The van der Waals surface area contributed by atoms with Gasteiger partial charge in [0, 0.05) is 0 Å². The molecule has 0 aliphatic carbocycles. The molecule has 6 nitrogen and oxygen atoms in total. The molecule has 2 aromatic rings. The topological polar surface area (TPSA) is 89.7 Å². The summed E-state index contributed by atoms with van der Waals surface area (Å²) in [6.45, 7) is 4.41. The van der Waals surface area contributed by atoms with Gasteiger partial charge in [0.05, 0.1) is 17.7 Å². The maximum absolute atomic E-state index is 12.7. The first-order chi connectivity index (χ1) is 12.9. The standard InChI is InChI=1S/C21H22N2O4/c1-3-13(2)12-27-15-7-4-6-14(10-15)16-8-5-9-17-19(16)21(26)23(20(17)25)11-18(22)24/h4-10,13H,3,11-12H2,1-2H3,(H2,22,24)/t13-/m1/s1. The van der Waals surface area contributed by atoms with Gasteiger partial charge >= 0.3 is 0 Å². The van der Waals surface area contributed by atoms with Crippen LogP contribution in [-0.4, -0.2) is 35.8 Å². The number of ether oxygens (including phenoxy) is 1. The van der Waals surface area contributed by atoms with E-state index in [-0.39, 0.29) is 5.56 Å². The summed E-state index contributed by atoms with van der Waals surface area (Å²) in [7, 11) is 0. The lowest BCUT2D eigenvalue weighted by molar-refractivity contribution is -0.118. The molecule has 1 aliphatic rings. The number of nitrogens with two attached hydrogens (primary N) is 1. The average molecular weight is 366 g/mol. The number of hydrogen-bond donors (Lipinski definition) is 1. The molecular formula is C21H22N2O4. The molecule has 3 rings (SSSR count). The van der Waals surface area contributed by atoms with Crippen LogP contribution in [0, 0.1) is 5.92 Å². The second kappa shape index (κ2) is 7.61. The van der Waals surface area contributed by atoms with Gasteiger partial charge in [-0.2, -0.15) is 0 Å². The summed E-state index contributed by atoms with van der Waals surface area (Å²) in [5.74, 6) is -0.589. The van der Waals surface area contributed by atoms with E-state index in [0.717, 1.165) is 16.9 Å². The van der Waals surface area contributed by atoms with E-state index >= 15 is 0 Å². The van der Waals surface area contributed by atoms with E-state index in [1.807, 2.05) is 24.3 Å². The van der Waals surface area contributed by atoms with Crippen LogP contribution in [0.2, 0.25) is 0 Å². The molecule has 0 unspecified atom stereocenters. The summed E-state index contributed by atoms with van der Waals surface area (Å²) >= 11 is 0. The highest BCUT2D eigenvalue weighted by Gasteiger charge is 2.38. The SMILES string of the molecule is CC[C@@H](C)COc1cccc(-c2cccc3c2C(=O)N(CC(N)=O)C3=O)c1. The van der Waals surface area contributed by atoms with Gasteiger partial charge < -0.3 is 10.5 Å². The fourth-order valence-electron chi connectivity index (χ4n) is 2.98. The number of benzene rings is 2. The molecule has 1 aliphatic heterocycles. The Morgan fingerprint density at radius 1 is 1.11 bits per heavy atom. The van der Waals surface area contributed by atoms with Crippen LogP contribution < -0.4 is 10.5 Å². The van der Waals surface area contributed by atoms with Gasteiger partial charge in [-0.25, -0.2) is 0 Å². The second-order valence-electron chi connectivity index (χ2n) is 6.74. The molecule has 0 aromatic heterocycles. The Kier molecular flexibility index (Phi) is 5.26. The summed E-state index contributed by atoms with van der Waals surface area (Å²) in [6, 6.07) is 12.5. The number of rotatable bonds is 7. The first kappa shape index (κ1) is 18.6. The number of amides is 3. The third-order valence-electron chi connectivity index (χ3n) is 4.69. The van der Waals surface area contributed by atoms with Crippen LogP contribution in [0.3, 0.4) is 0 Å². The fourth-order valence-corrected chi connectivity index (χ4v) is 2.98. The number of nitrogens with zero attached hydrogens (tertiary/aromatic N) is 1. The third-order valence-corrected chi connectivity index (χ3v) is 4.69. The van der Waals surface area contributed by atoms with Crippen LogP contribution in [0.4, 0.5) is 0 Å². The van der Waals surface area contributed by atoms with Crippen LogP contribution in [0.5, 0.6) is 5.75 Å². The zero-order chi connectivity index (χ0) is 19.6. The predicted octanol–water partition coefficient (Wildman–Crippen LogP) is 2.86. The van der Waals surface area contributed by atoms with Gasteiger partial charge in [0.25, 0.3) is 11.8 Å². The van der Waals surface area contributed by atoms with Gasteiger partial charge in [-0.15, -0.1) is 0 Å². The lowest BCUT2D eigenvalue weighted by atomic mass is 9.96. The second-order valence-corrected chi connectivity index (χ2v) is 6.74. The van der Waals surface area contributed by atoms with Crippen molar-refractivity contribution in [2.45, 2.75) is 20.3 Å². The van der Waals surface area contributed by atoms with E-state index in [0.29, 0.717) is 29.4 Å². The van der Waals surface area contributed by atoms with Gasteiger partial charge in [0.2, 0.25) is 5.91 Å². The van der Waals surface area contributed by atoms with Gasteiger partial charge in [-0.05, 0) is 35.2 Å². The van der Waals surface area contributed by atoms with Crippen molar-refractivity contribution in [1.29, 1.82) is 0 Å². The van der Waals surface area contributed by atoms with Gasteiger partial charge in [-0.1, -0.05) is 44.5 Å². The summed E-state index contributed by atoms with van der Waals surface area (Å²) in [4.78, 5) is 37.3. The van der Waals surface area contributed by atoms with Crippen molar-refractivity contribution in [1.82, 2.24) is 4.90 Å². The van der Waals surface area contributed by atoms with E-state index in [2.05, 4.69) is 13.8 Å². The van der Waals surface area contributed by atoms with E-state index in [9.17, 15) is 14.4 Å². The van der Waals surface area contributed by atoms with Gasteiger partial charge in [0.15, 0.2) is 0 Å². The largest absolute Gasteiger partial charge is 0.493 e. The zero-order valence-electron chi connectivity index (χ0n) is 15.4. The van der Waals surface area contributed by atoms with E-state index in [1.54, 1.807) is 18.2 Å². The molecule has 0 radical (unpaired) electrons. The lowest BCUT2D eigenvalue weighted by Gasteiger charge is -2.13. The van der Waals surface area contributed by atoms with E-state index in [4.69, 9.17) is 10.5 Å². The highest BCUT2D eigenvalue weighted by Crippen LogP contribution is 2.34. The van der Waals surface area contributed by atoms with E-state index < -0.39 is 24.3 Å². The Hall–Kier alpha value is -3.15. The Morgan fingerprint density at radius 3 is 2.52 bits per heavy atom. The van der Waals surface area contributed by atoms with Crippen molar-refractivity contribution in [3.63, 3.8) is 0 Å². The minimum atomic E-state index is -0.730. The van der Waals surface area contributed by atoms with Crippen LogP contribution in [0.1, 0.15) is 41.0 Å². The van der Waals surface area contributed by atoms with Crippen molar-refractivity contribution in [3.8, 4) is 16.9 Å². The van der Waals surface area contributed by atoms with Crippen molar-refractivity contribution in [3.05, 3.63) is 53.6 Å². The Bertz CT molecular complexity index is 907. The quantitative estimate of drug-likeness (QED) is 0.763. The molecule has 0 saturated carbocycles. The molecule has 0 saturated heterocycles. The van der Waals surface area contributed by atoms with Crippen LogP contribution >= 0.6 is 0 Å². The zero-order valence-corrected chi connectivity index (χ0v) is 15.4. The number of carbonyl (C=O) groups is 3. The Morgan fingerprint density at radius 2 is 1.81 bits per heavy atom. The van der Waals surface area contributed by atoms with Gasteiger partial charge in [-0.3, -0.25) is 19.3 Å². The number of fused-ring (bicyclic) bond motifs is 1. The molecule has 0 fully saturated rings. The van der Waals surface area contributed by atoms with Crippen molar-refractivity contribution in [2.24, 2.45) is 11.7 Å². The number of imide groups is 1. The Balaban J connectivity index is 1.96. The third kappa shape index (κ3) is 3.69. The molecule has 27 heavy (non-hydrogen) atoms. The van der Waals surface area contributed by atoms with Crippen LogP contribution in [0.25, 0.3) is 11.1 Å². The maximum atomic E-state index is 12.7. The first-order valence-electron chi connectivity index (χ1n) is 8.93. The molecule has 140 valence electrons. The molecular weight excluding hydrogens is 344 g/mol. The molecule has 2 aromatic carbocycles. The monoisotopic (exact) mass is 366 g/mol. The molecule has 0 bridgehead atoms. The lowest BCUT2D eigenvalue weighted by Crippen LogP contribution is -2.37. The number of carbonyl (C=O) groups excluding carboxylic acids is 3. The smallest absolute Gasteiger partial charge is 0.262 e. The minimum absolute atomic E-state index is 0.282. The van der Waals surface area contributed by atoms with Crippen molar-refractivity contribution < 1.29 is 19.1 Å². The van der Waals surface area contributed by atoms with Gasteiger partial charge in [0.1, 0.15) is 12.3 Å². The maximum Gasteiger partial charge on any atom is 0.262 e. The van der Waals surface area contributed by atoms with E-state index in [1.165, 1.54) is 0 Å². The normalized spacial score (nSPS) is 14.2. The summed E-state index contributed by atoms with van der Waals surface area (Å²) in [6.07, 6.45) is 1.03. The molecule has 1 atom stereocenters. The highest BCUT2D eigenvalue weighted by atomic mass is 16.5. The van der Waals surface area contributed by atoms with Crippen molar-refractivity contribution in [2.75, 3.05) is 13.2 Å². The highest BCUT2D eigenvalue weighted by molar-refractivity contribution is 6.24. The van der Waals surface area contributed by atoms with Crippen LogP contribution in [-0.2, 0) is 4.79 Å². The summed E-state index contributed by atoms with van der Waals surface area (Å²) in [5, 5.41) is 0. The fraction of sp³-hybridized carbons (Fsp3) is 0.286. The predicted molar refractivity (Wildman–Crippen MR) is 101 cm³/mol. The molecule has 0 spiro atoms. The number of primary amides is 1. The molecule has 3 amide bonds.